The number of pyridine rings is 1. The molecule has 0 saturated heterocycles. The number of hydrogen-bond acceptors (Lipinski definition) is 6. The number of carbonyl (C=O) groups excluding carboxylic acids is 1. The molecule has 9 nitrogen and oxygen atoms in total. The third kappa shape index (κ3) is 3.53. The molecule has 2 heterocycles. The Morgan fingerprint density at radius 2 is 2.12 bits per heavy atom. The van der Waals surface area contributed by atoms with Gasteiger partial charge >= 0.3 is 0 Å². The summed E-state index contributed by atoms with van der Waals surface area (Å²) in [5.74, 6) is -0.0958. The summed E-state index contributed by atoms with van der Waals surface area (Å²) >= 11 is 3.26. The van der Waals surface area contributed by atoms with E-state index in [1.54, 1.807) is 37.4 Å². The summed E-state index contributed by atoms with van der Waals surface area (Å²) in [7, 11) is 0. The van der Waals surface area contributed by atoms with Crippen LogP contribution in [-0.4, -0.2) is 30.8 Å². The lowest BCUT2D eigenvalue weighted by Crippen LogP contribution is -2.15. The Morgan fingerprint density at radius 3 is 2.80 bits per heavy atom. The first kappa shape index (κ1) is 16.7. The van der Waals surface area contributed by atoms with Gasteiger partial charge in [-0.2, -0.15) is 0 Å². The van der Waals surface area contributed by atoms with Crippen LogP contribution in [0, 0.1) is 17.0 Å². The molecule has 0 radical (unpaired) electrons. The molecule has 1 aromatic carbocycles. The first-order valence-corrected chi connectivity index (χ1v) is 7.85. The number of amides is 1. The molecule has 0 aliphatic heterocycles. The van der Waals surface area contributed by atoms with E-state index in [0.29, 0.717) is 17.2 Å². The number of nitrogens with one attached hydrogen (secondary N) is 1. The number of halogens is 1. The number of benzene rings is 1. The van der Waals surface area contributed by atoms with Gasteiger partial charge < -0.3 is 5.32 Å². The van der Waals surface area contributed by atoms with Crippen LogP contribution in [0.1, 0.15) is 16.2 Å². The van der Waals surface area contributed by atoms with Gasteiger partial charge in [-0.15, -0.1) is 5.10 Å². The van der Waals surface area contributed by atoms with Crippen LogP contribution in [-0.2, 0) is 0 Å². The molecule has 0 spiro atoms. The number of nitro groups is 1. The molecule has 0 fully saturated rings. The number of non-ortho nitro benzene ring substituents is 1. The number of hydrogen-bond donors (Lipinski definition) is 1. The second kappa shape index (κ2) is 6.77. The zero-order valence-corrected chi connectivity index (χ0v) is 14.5. The van der Waals surface area contributed by atoms with Gasteiger partial charge in [-0.25, -0.2) is 9.67 Å². The van der Waals surface area contributed by atoms with Crippen molar-refractivity contribution in [3.05, 3.63) is 68.6 Å². The monoisotopic (exact) mass is 402 g/mol. The van der Waals surface area contributed by atoms with Gasteiger partial charge in [0.05, 0.1) is 16.3 Å². The van der Waals surface area contributed by atoms with E-state index in [1.165, 1.54) is 16.8 Å². The van der Waals surface area contributed by atoms with Gasteiger partial charge in [0.1, 0.15) is 5.82 Å². The van der Waals surface area contributed by atoms with Crippen molar-refractivity contribution >= 4 is 33.3 Å². The summed E-state index contributed by atoms with van der Waals surface area (Å²) in [5.41, 5.74) is 0.934. The average molecular weight is 403 g/mol. The average Bonchev–Trinajstić information content (AvgIpc) is 2.98. The predicted octanol–water partition coefficient (Wildman–Crippen LogP) is 2.89. The quantitative estimate of drug-likeness (QED) is 0.529. The number of nitro benzene ring substituents is 1. The molecule has 0 saturated carbocycles. The first-order valence-electron chi connectivity index (χ1n) is 7.06. The van der Waals surface area contributed by atoms with Gasteiger partial charge in [-0.05, 0) is 41.1 Å². The Hall–Kier alpha value is -3.14. The molecule has 0 aliphatic rings. The fourth-order valence-electron chi connectivity index (χ4n) is 2.15. The summed E-state index contributed by atoms with van der Waals surface area (Å²) < 4.78 is 2.16. The molecule has 25 heavy (non-hydrogen) atoms. The maximum atomic E-state index is 12.4. The number of nitrogens with zero attached hydrogens (tertiary/aromatic N) is 5. The van der Waals surface area contributed by atoms with Gasteiger partial charge in [0.25, 0.3) is 11.6 Å². The Labute approximate surface area is 150 Å². The highest BCUT2D eigenvalue weighted by Crippen LogP contribution is 2.19. The molecule has 3 rings (SSSR count). The molecule has 10 heteroatoms. The second-order valence-electron chi connectivity index (χ2n) is 5.03. The van der Waals surface area contributed by atoms with Crippen LogP contribution in [0.3, 0.4) is 0 Å². The first-order chi connectivity index (χ1) is 12.0. The summed E-state index contributed by atoms with van der Waals surface area (Å²) in [4.78, 5) is 26.8. The van der Waals surface area contributed by atoms with Crippen LogP contribution in [0.5, 0.6) is 0 Å². The highest BCUT2D eigenvalue weighted by Gasteiger charge is 2.19. The maximum absolute atomic E-state index is 12.4. The van der Waals surface area contributed by atoms with Gasteiger partial charge in [-0.3, -0.25) is 14.9 Å². The number of anilines is 1. The topological polar surface area (TPSA) is 116 Å². The molecule has 0 aliphatic carbocycles. The van der Waals surface area contributed by atoms with Crippen LogP contribution >= 0.6 is 15.9 Å². The molecule has 1 N–H and O–H groups in total. The molecule has 3 aromatic rings. The van der Waals surface area contributed by atoms with Crippen molar-refractivity contribution in [2.45, 2.75) is 6.92 Å². The molecule has 0 bridgehead atoms. The van der Waals surface area contributed by atoms with Crippen molar-refractivity contribution in [1.82, 2.24) is 20.0 Å². The fraction of sp³-hybridized carbons (Fsp3) is 0.0667. The van der Waals surface area contributed by atoms with E-state index in [4.69, 9.17) is 0 Å². The Kier molecular flexibility index (Phi) is 4.52. The highest BCUT2D eigenvalue weighted by atomic mass is 79.9. The molecule has 126 valence electrons. The summed E-state index contributed by atoms with van der Waals surface area (Å²) in [6, 6.07) is 9.31. The summed E-state index contributed by atoms with van der Waals surface area (Å²) in [5, 5.41) is 21.3. The molecular weight excluding hydrogens is 392 g/mol. The van der Waals surface area contributed by atoms with Crippen LogP contribution in [0.15, 0.2) is 47.1 Å². The van der Waals surface area contributed by atoms with E-state index in [-0.39, 0.29) is 11.4 Å². The minimum absolute atomic E-state index is 0.0718. The third-order valence-corrected chi connectivity index (χ3v) is 3.83. The number of carbonyl (C=O) groups is 1. The second-order valence-corrected chi connectivity index (χ2v) is 5.94. The molecule has 2 aromatic heterocycles. The lowest BCUT2D eigenvalue weighted by atomic mass is 10.2. The van der Waals surface area contributed by atoms with E-state index in [1.807, 2.05) is 0 Å². The molecule has 0 unspecified atom stereocenters. The van der Waals surface area contributed by atoms with Crippen LogP contribution in [0.2, 0.25) is 0 Å². The Bertz CT molecular complexity index is 954. The van der Waals surface area contributed by atoms with E-state index >= 15 is 0 Å². The van der Waals surface area contributed by atoms with Crippen molar-refractivity contribution < 1.29 is 9.72 Å². The van der Waals surface area contributed by atoms with Crippen LogP contribution in [0.25, 0.3) is 5.69 Å². The summed E-state index contributed by atoms with van der Waals surface area (Å²) in [6.07, 6.45) is 1.56. The Balaban J connectivity index is 1.88. The van der Waals surface area contributed by atoms with Crippen molar-refractivity contribution in [2.24, 2.45) is 0 Å². The third-order valence-electron chi connectivity index (χ3n) is 3.36. The summed E-state index contributed by atoms with van der Waals surface area (Å²) in [6.45, 7) is 1.66. The van der Waals surface area contributed by atoms with Gasteiger partial charge in [-0.1, -0.05) is 11.3 Å². The fourth-order valence-corrected chi connectivity index (χ4v) is 2.38. The van der Waals surface area contributed by atoms with Crippen molar-refractivity contribution in [3.8, 4) is 5.69 Å². The van der Waals surface area contributed by atoms with Crippen molar-refractivity contribution in [3.63, 3.8) is 0 Å². The molecular formula is C15H11BrN6O3. The van der Waals surface area contributed by atoms with E-state index in [2.05, 4.69) is 36.5 Å². The lowest BCUT2D eigenvalue weighted by Gasteiger charge is -2.04. The smallest absolute Gasteiger partial charge is 0.279 e. The number of rotatable bonds is 4. The molecule has 1 amide bonds. The zero-order valence-electron chi connectivity index (χ0n) is 12.9. The van der Waals surface area contributed by atoms with E-state index in [0.717, 1.165) is 4.47 Å². The zero-order chi connectivity index (χ0) is 18.0. The molecule has 0 atom stereocenters. The van der Waals surface area contributed by atoms with Gasteiger partial charge in [0.2, 0.25) is 0 Å². The Morgan fingerprint density at radius 1 is 1.32 bits per heavy atom. The highest BCUT2D eigenvalue weighted by molar-refractivity contribution is 9.10. The van der Waals surface area contributed by atoms with Gasteiger partial charge in [0.15, 0.2) is 5.69 Å². The van der Waals surface area contributed by atoms with Gasteiger partial charge in [0, 0.05) is 22.8 Å². The minimum atomic E-state index is -0.497. The lowest BCUT2D eigenvalue weighted by molar-refractivity contribution is -0.384. The van der Waals surface area contributed by atoms with Crippen LogP contribution < -0.4 is 5.32 Å². The SMILES string of the molecule is Cc1c(C(=O)Nc2ccc(Br)cn2)nnn1-c1cccc([N+](=O)[O-])c1. The normalized spacial score (nSPS) is 10.5. The maximum Gasteiger partial charge on any atom is 0.279 e. The van der Waals surface area contributed by atoms with Crippen molar-refractivity contribution in [2.75, 3.05) is 5.32 Å². The van der Waals surface area contributed by atoms with Crippen LogP contribution in [0.4, 0.5) is 11.5 Å². The van der Waals surface area contributed by atoms with Crippen molar-refractivity contribution in [1.29, 1.82) is 0 Å². The largest absolute Gasteiger partial charge is 0.305 e. The predicted molar refractivity (Wildman–Crippen MR) is 92.6 cm³/mol. The minimum Gasteiger partial charge on any atom is -0.305 e. The number of aromatic nitrogens is 4. The van der Waals surface area contributed by atoms with E-state index in [9.17, 15) is 14.9 Å². The van der Waals surface area contributed by atoms with E-state index < -0.39 is 10.8 Å². The standard InChI is InChI=1S/C15H11BrN6O3/c1-9-14(15(23)18-13-6-5-10(16)8-17-13)19-20-21(9)11-3-2-4-12(7-11)22(24)25/h2-8H,1H3,(H,17,18,23).